The first-order chi connectivity index (χ1) is 13.5. The monoisotopic (exact) mass is 398 g/mol. The Morgan fingerprint density at radius 3 is 2.21 bits per heavy atom. The molecular formula is C24H30O3S. The van der Waals surface area contributed by atoms with E-state index < -0.39 is 16.4 Å². The topological polar surface area (TPSA) is 43.4 Å². The van der Waals surface area contributed by atoms with Gasteiger partial charge in [0.1, 0.15) is 5.60 Å². The quantitative estimate of drug-likeness (QED) is 0.593. The summed E-state index contributed by atoms with van der Waals surface area (Å²) in [6.07, 6.45) is 3.85. The number of ether oxygens (including phenoxy) is 1. The van der Waals surface area contributed by atoms with Gasteiger partial charge in [0.05, 0.1) is 21.6 Å². The molecule has 4 atom stereocenters. The van der Waals surface area contributed by atoms with Crippen molar-refractivity contribution in [3.05, 3.63) is 66.2 Å². The lowest BCUT2D eigenvalue weighted by Crippen LogP contribution is -2.56. The number of hydrogen-bond donors (Lipinski definition) is 0. The number of hydrogen-bond acceptors (Lipinski definition) is 3. The zero-order valence-electron chi connectivity index (χ0n) is 17.0. The van der Waals surface area contributed by atoms with Gasteiger partial charge in [-0.3, -0.25) is 4.21 Å². The molecule has 1 aliphatic carbocycles. The van der Waals surface area contributed by atoms with Crippen LogP contribution in [0.5, 0.6) is 0 Å². The maximum atomic E-state index is 13.7. The summed E-state index contributed by atoms with van der Waals surface area (Å²) in [7, 11) is -1.26. The van der Waals surface area contributed by atoms with Gasteiger partial charge in [-0.2, -0.15) is 0 Å². The average molecular weight is 399 g/mol. The van der Waals surface area contributed by atoms with Gasteiger partial charge in [0, 0.05) is 4.90 Å². The third-order valence-electron chi connectivity index (χ3n) is 5.87. The van der Waals surface area contributed by atoms with E-state index in [2.05, 4.69) is 20.8 Å². The third-order valence-corrected chi connectivity index (χ3v) is 8.02. The Kier molecular flexibility index (Phi) is 6.71. The summed E-state index contributed by atoms with van der Waals surface area (Å²) in [5.41, 5.74) is -0.173. The largest absolute Gasteiger partial charge is 0.454 e. The fraction of sp³-hybridized carbons (Fsp3) is 0.458. The van der Waals surface area contributed by atoms with Crippen molar-refractivity contribution in [2.75, 3.05) is 0 Å². The molecule has 0 N–H and O–H groups in total. The van der Waals surface area contributed by atoms with Crippen molar-refractivity contribution >= 4 is 16.8 Å². The van der Waals surface area contributed by atoms with Gasteiger partial charge < -0.3 is 4.74 Å². The van der Waals surface area contributed by atoms with E-state index in [1.54, 1.807) is 12.1 Å². The number of esters is 1. The Bertz CT molecular complexity index is 803. The maximum Gasteiger partial charge on any atom is 0.338 e. The second-order valence-corrected chi connectivity index (χ2v) is 9.71. The van der Waals surface area contributed by atoms with Crippen molar-refractivity contribution in [3.8, 4) is 0 Å². The molecule has 1 fully saturated rings. The molecule has 0 aliphatic heterocycles. The Morgan fingerprint density at radius 1 is 1.04 bits per heavy atom. The molecule has 3 nitrogen and oxygen atoms in total. The first-order valence-electron chi connectivity index (χ1n) is 10.2. The second-order valence-electron chi connectivity index (χ2n) is 8.13. The van der Waals surface area contributed by atoms with E-state index in [1.165, 1.54) is 0 Å². The van der Waals surface area contributed by atoms with Gasteiger partial charge in [-0.05, 0) is 55.4 Å². The lowest BCUT2D eigenvalue weighted by atomic mass is 9.71. The zero-order valence-corrected chi connectivity index (χ0v) is 17.8. The SMILES string of the molecule is CC(C)[C@H](S(=O)c1ccccc1)[C@@]1(OC(=O)c2ccccc2)CCCCC1C. The van der Waals surface area contributed by atoms with Crippen LogP contribution in [0, 0.1) is 11.8 Å². The molecule has 0 heterocycles. The Morgan fingerprint density at radius 2 is 1.64 bits per heavy atom. The summed E-state index contributed by atoms with van der Waals surface area (Å²) < 4.78 is 20.0. The molecule has 0 spiro atoms. The third kappa shape index (κ3) is 4.22. The maximum absolute atomic E-state index is 13.7. The van der Waals surface area contributed by atoms with Crippen LogP contribution in [0.15, 0.2) is 65.6 Å². The molecule has 28 heavy (non-hydrogen) atoms. The van der Waals surface area contributed by atoms with E-state index in [0.717, 1.165) is 30.6 Å². The van der Waals surface area contributed by atoms with E-state index in [9.17, 15) is 9.00 Å². The lowest BCUT2D eigenvalue weighted by molar-refractivity contribution is -0.0745. The van der Waals surface area contributed by atoms with E-state index >= 15 is 0 Å². The van der Waals surface area contributed by atoms with Crippen LogP contribution in [0.4, 0.5) is 0 Å². The van der Waals surface area contributed by atoms with E-state index in [-0.39, 0.29) is 23.1 Å². The van der Waals surface area contributed by atoms with Crippen molar-refractivity contribution in [3.63, 3.8) is 0 Å². The molecule has 0 bridgehead atoms. The van der Waals surface area contributed by atoms with Crippen LogP contribution in [-0.4, -0.2) is 21.0 Å². The molecular weight excluding hydrogens is 368 g/mol. The highest BCUT2D eigenvalue weighted by Crippen LogP contribution is 2.45. The summed E-state index contributed by atoms with van der Waals surface area (Å²) in [6, 6.07) is 18.7. The highest BCUT2D eigenvalue weighted by atomic mass is 32.2. The van der Waals surface area contributed by atoms with Crippen LogP contribution in [0.2, 0.25) is 0 Å². The Balaban J connectivity index is 2.01. The molecule has 0 amide bonds. The molecule has 2 unspecified atom stereocenters. The van der Waals surface area contributed by atoms with Gasteiger partial charge in [-0.25, -0.2) is 4.79 Å². The number of carbonyl (C=O) groups is 1. The molecule has 2 aromatic rings. The first-order valence-corrected chi connectivity index (χ1v) is 11.4. The summed E-state index contributed by atoms with van der Waals surface area (Å²) >= 11 is 0. The molecule has 0 saturated heterocycles. The van der Waals surface area contributed by atoms with Crippen molar-refractivity contribution in [1.29, 1.82) is 0 Å². The van der Waals surface area contributed by atoms with Gasteiger partial charge in [-0.1, -0.05) is 63.6 Å². The van der Waals surface area contributed by atoms with E-state index in [0.29, 0.717) is 5.56 Å². The Labute approximate surface area is 171 Å². The van der Waals surface area contributed by atoms with Gasteiger partial charge in [0.2, 0.25) is 0 Å². The van der Waals surface area contributed by atoms with Crippen LogP contribution in [-0.2, 0) is 15.5 Å². The Hall–Kier alpha value is -1.94. The molecule has 4 heteroatoms. The molecule has 150 valence electrons. The first kappa shape index (κ1) is 20.8. The molecule has 1 aliphatic rings. The number of benzene rings is 2. The molecule has 1 saturated carbocycles. The van der Waals surface area contributed by atoms with E-state index in [4.69, 9.17) is 4.74 Å². The van der Waals surface area contributed by atoms with E-state index in [1.807, 2.05) is 48.5 Å². The van der Waals surface area contributed by atoms with Crippen LogP contribution in [0.1, 0.15) is 56.8 Å². The highest BCUT2D eigenvalue weighted by molar-refractivity contribution is 7.85. The predicted octanol–water partition coefficient (Wildman–Crippen LogP) is 5.62. The fourth-order valence-electron chi connectivity index (χ4n) is 4.47. The van der Waals surface area contributed by atoms with Crippen LogP contribution < -0.4 is 0 Å². The van der Waals surface area contributed by atoms with Crippen LogP contribution in [0.3, 0.4) is 0 Å². The van der Waals surface area contributed by atoms with Gasteiger partial charge in [0.15, 0.2) is 0 Å². The molecule has 2 aromatic carbocycles. The number of carbonyl (C=O) groups excluding carboxylic acids is 1. The second kappa shape index (κ2) is 9.04. The van der Waals surface area contributed by atoms with Crippen molar-refractivity contribution in [2.24, 2.45) is 11.8 Å². The molecule has 3 rings (SSSR count). The summed E-state index contributed by atoms with van der Waals surface area (Å²) in [5.74, 6) is -0.0378. The summed E-state index contributed by atoms with van der Waals surface area (Å²) in [5, 5.41) is -0.252. The van der Waals surface area contributed by atoms with Crippen molar-refractivity contribution in [2.45, 2.75) is 62.2 Å². The van der Waals surface area contributed by atoms with Crippen LogP contribution in [0.25, 0.3) is 0 Å². The minimum atomic E-state index is -1.26. The van der Waals surface area contributed by atoms with Gasteiger partial charge >= 0.3 is 5.97 Å². The minimum Gasteiger partial charge on any atom is -0.454 e. The van der Waals surface area contributed by atoms with Crippen molar-refractivity contribution < 1.29 is 13.7 Å². The highest BCUT2D eigenvalue weighted by Gasteiger charge is 2.52. The standard InChI is InChI=1S/C24H30O3S/c1-18(2)22(28(26)21-15-8-5-9-16-21)24(17-11-10-12-19(24)3)27-23(25)20-13-6-4-7-14-20/h4-9,13-16,18-19,22H,10-12,17H2,1-3H3/t19?,22-,24+,28?/m0/s1. The fourth-order valence-corrected chi connectivity index (χ4v) is 6.45. The van der Waals surface area contributed by atoms with Crippen LogP contribution >= 0.6 is 0 Å². The molecule has 0 radical (unpaired) electrons. The predicted molar refractivity (Wildman–Crippen MR) is 114 cm³/mol. The van der Waals surface area contributed by atoms with Crippen molar-refractivity contribution in [1.82, 2.24) is 0 Å². The summed E-state index contributed by atoms with van der Waals surface area (Å²) in [6.45, 7) is 6.32. The summed E-state index contributed by atoms with van der Waals surface area (Å²) in [4.78, 5) is 13.8. The lowest BCUT2D eigenvalue weighted by Gasteiger charge is -2.48. The minimum absolute atomic E-state index is 0.116. The molecule has 0 aromatic heterocycles. The van der Waals surface area contributed by atoms with Gasteiger partial charge in [0.25, 0.3) is 0 Å². The van der Waals surface area contributed by atoms with Gasteiger partial charge in [-0.15, -0.1) is 0 Å². The zero-order chi connectivity index (χ0) is 20.1. The normalized spacial score (nSPS) is 24.5. The number of rotatable bonds is 6. The smallest absolute Gasteiger partial charge is 0.338 e. The average Bonchev–Trinajstić information content (AvgIpc) is 2.71.